The smallest absolute Gasteiger partial charge is 0.225 e. The minimum Gasteiger partial charge on any atom is -0.354 e. The molecule has 1 heterocycles. The van der Waals surface area contributed by atoms with Gasteiger partial charge in [0.25, 0.3) is 0 Å². The van der Waals surface area contributed by atoms with E-state index in [4.69, 9.17) is 0 Å². The van der Waals surface area contributed by atoms with Crippen LogP contribution in [0.25, 0.3) is 10.9 Å². The van der Waals surface area contributed by atoms with Gasteiger partial charge in [0.1, 0.15) is 11.6 Å². The van der Waals surface area contributed by atoms with Crippen molar-refractivity contribution in [3.8, 4) is 0 Å². The van der Waals surface area contributed by atoms with Crippen molar-refractivity contribution in [3.63, 3.8) is 0 Å². The Balaban J connectivity index is 1.92. The standard InChI is InChI=1S/C20H23FN4/c1-3-14(4-2)13-22-20-24-18-11-6-5-10-17(18)19(25-20)23-16-9-7-8-15(21)12-16/h5-12,14H,3-4,13H2,1-2H3,(H2,22,23,24,25). The fraction of sp³-hybridized carbons (Fsp3) is 0.300. The second-order valence-electron chi connectivity index (χ2n) is 6.11. The van der Waals surface area contributed by atoms with Gasteiger partial charge in [0.2, 0.25) is 5.95 Å². The Labute approximate surface area is 147 Å². The monoisotopic (exact) mass is 338 g/mol. The molecule has 0 aliphatic carbocycles. The van der Waals surface area contributed by atoms with Crippen LogP contribution in [0.1, 0.15) is 26.7 Å². The van der Waals surface area contributed by atoms with Crippen LogP contribution in [0, 0.1) is 11.7 Å². The number of hydrogen-bond acceptors (Lipinski definition) is 4. The van der Waals surface area contributed by atoms with Crippen LogP contribution < -0.4 is 10.6 Å². The zero-order chi connectivity index (χ0) is 17.6. The largest absolute Gasteiger partial charge is 0.354 e. The molecule has 0 unspecified atom stereocenters. The molecule has 0 fully saturated rings. The van der Waals surface area contributed by atoms with E-state index in [0.717, 1.165) is 30.3 Å². The Morgan fingerprint density at radius 2 is 1.80 bits per heavy atom. The van der Waals surface area contributed by atoms with Crippen molar-refractivity contribution in [2.24, 2.45) is 5.92 Å². The predicted octanol–water partition coefficient (Wildman–Crippen LogP) is 5.36. The van der Waals surface area contributed by atoms with Crippen molar-refractivity contribution in [3.05, 3.63) is 54.3 Å². The molecule has 0 saturated heterocycles. The fourth-order valence-corrected chi connectivity index (χ4v) is 2.77. The van der Waals surface area contributed by atoms with Gasteiger partial charge in [-0.25, -0.2) is 9.37 Å². The number of rotatable bonds is 7. The van der Waals surface area contributed by atoms with Crippen molar-refractivity contribution < 1.29 is 4.39 Å². The molecule has 0 aliphatic heterocycles. The van der Waals surface area contributed by atoms with Crippen molar-refractivity contribution in [1.29, 1.82) is 0 Å². The van der Waals surface area contributed by atoms with Crippen molar-refractivity contribution >= 4 is 28.4 Å². The zero-order valence-electron chi connectivity index (χ0n) is 14.6. The van der Waals surface area contributed by atoms with E-state index >= 15 is 0 Å². The molecule has 2 aromatic carbocycles. The van der Waals surface area contributed by atoms with Gasteiger partial charge in [-0.3, -0.25) is 0 Å². The lowest BCUT2D eigenvalue weighted by Gasteiger charge is -2.15. The zero-order valence-corrected chi connectivity index (χ0v) is 14.6. The van der Waals surface area contributed by atoms with E-state index in [2.05, 4.69) is 34.4 Å². The van der Waals surface area contributed by atoms with Crippen LogP contribution in [0.2, 0.25) is 0 Å². The van der Waals surface area contributed by atoms with Crippen molar-refractivity contribution in [2.45, 2.75) is 26.7 Å². The molecule has 130 valence electrons. The van der Waals surface area contributed by atoms with E-state index in [-0.39, 0.29) is 5.82 Å². The Hall–Kier alpha value is -2.69. The molecule has 0 bridgehead atoms. The molecular formula is C20H23FN4. The van der Waals surface area contributed by atoms with Crippen LogP contribution in [-0.2, 0) is 0 Å². The predicted molar refractivity (Wildman–Crippen MR) is 102 cm³/mol. The van der Waals surface area contributed by atoms with Gasteiger partial charge in [-0.05, 0) is 36.2 Å². The Morgan fingerprint density at radius 3 is 2.56 bits per heavy atom. The molecule has 0 spiro atoms. The number of benzene rings is 2. The summed E-state index contributed by atoms with van der Waals surface area (Å²) in [6, 6.07) is 14.2. The minimum absolute atomic E-state index is 0.282. The lowest BCUT2D eigenvalue weighted by Crippen LogP contribution is -2.15. The first-order chi connectivity index (χ1) is 12.2. The molecule has 1 aromatic heterocycles. The molecule has 3 aromatic rings. The summed E-state index contributed by atoms with van der Waals surface area (Å²) in [5, 5.41) is 7.46. The van der Waals surface area contributed by atoms with E-state index in [1.54, 1.807) is 6.07 Å². The second-order valence-corrected chi connectivity index (χ2v) is 6.11. The highest BCUT2D eigenvalue weighted by Gasteiger charge is 2.10. The molecule has 2 N–H and O–H groups in total. The van der Waals surface area contributed by atoms with Gasteiger partial charge in [-0.2, -0.15) is 4.98 Å². The number of nitrogens with one attached hydrogen (secondary N) is 2. The van der Waals surface area contributed by atoms with E-state index in [9.17, 15) is 4.39 Å². The number of hydrogen-bond donors (Lipinski definition) is 2. The summed E-state index contributed by atoms with van der Waals surface area (Å²) >= 11 is 0. The molecule has 0 radical (unpaired) electrons. The Bertz CT molecular complexity index is 846. The lowest BCUT2D eigenvalue weighted by molar-refractivity contribution is 0.518. The average Bonchev–Trinajstić information content (AvgIpc) is 2.63. The number of aromatic nitrogens is 2. The minimum atomic E-state index is -0.282. The highest BCUT2D eigenvalue weighted by atomic mass is 19.1. The number of nitrogens with zero attached hydrogens (tertiary/aromatic N) is 2. The summed E-state index contributed by atoms with van der Waals surface area (Å²) in [7, 11) is 0. The first-order valence-corrected chi connectivity index (χ1v) is 8.72. The van der Waals surface area contributed by atoms with Gasteiger partial charge in [-0.1, -0.05) is 44.9 Å². The normalized spacial score (nSPS) is 11.0. The molecule has 0 amide bonds. The SMILES string of the molecule is CCC(CC)CNc1nc(Nc2cccc(F)c2)c2ccccc2n1. The van der Waals surface area contributed by atoms with Crippen molar-refractivity contribution in [2.75, 3.05) is 17.2 Å². The van der Waals surface area contributed by atoms with Gasteiger partial charge in [0.05, 0.1) is 5.52 Å². The second kappa shape index (κ2) is 7.92. The van der Waals surface area contributed by atoms with Gasteiger partial charge in [0, 0.05) is 17.6 Å². The Kier molecular flexibility index (Phi) is 5.43. The highest BCUT2D eigenvalue weighted by Crippen LogP contribution is 2.25. The van der Waals surface area contributed by atoms with Crippen LogP contribution in [0.3, 0.4) is 0 Å². The fourth-order valence-electron chi connectivity index (χ4n) is 2.77. The molecule has 5 heteroatoms. The quantitative estimate of drug-likeness (QED) is 0.609. The van der Waals surface area contributed by atoms with E-state index in [1.807, 2.05) is 30.3 Å². The van der Waals surface area contributed by atoms with Gasteiger partial charge >= 0.3 is 0 Å². The van der Waals surface area contributed by atoms with Crippen molar-refractivity contribution in [1.82, 2.24) is 9.97 Å². The summed E-state index contributed by atoms with van der Waals surface area (Å²) in [5.41, 5.74) is 1.51. The first kappa shape index (κ1) is 17.1. The van der Waals surface area contributed by atoms with Crippen LogP contribution in [0.15, 0.2) is 48.5 Å². The van der Waals surface area contributed by atoms with E-state index in [0.29, 0.717) is 23.4 Å². The molecule has 25 heavy (non-hydrogen) atoms. The third kappa shape index (κ3) is 4.24. The summed E-state index contributed by atoms with van der Waals surface area (Å²) in [5.74, 6) is 1.57. The third-order valence-electron chi connectivity index (χ3n) is 4.39. The summed E-state index contributed by atoms with van der Waals surface area (Å²) in [6.45, 7) is 5.22. The lowest BCUT2D eigenvalue weighted by atomic mass is 10.0. The maximum absolute atomic E-state index is 13.5. The van der Waals surface area contributed by atoms with Gasteiger partial charge in [-0.15, -0.1) is 0 Å². The summed E-state index contributed by atoms with van der Waals surface area (Å²) in [6.07, 6.45) is 2.23. The van der Waals surface area contributed by atoms with Gasteiger partial charge < -0.3 is 10.6 Å². The maximum Gasteiger partial charge on any atom is 0.225 e. The highest BCUT2D eigenvalue weighted by molar-refractivity contribution is 5.91. The van der Waals surface area contributed by atoms with E-state index in [1.165, 1.54) is 12.1 Å². The van der Waals surface area contributed by atoms with Crippen LogP contribution in [0.5, 0.6) is 0 Å². The molecule has 4 nitrogen and oxygen atoms in total. The number of anilines is 3. The van der Waals surface area contributed by atoms with Gasteiger partial charge in [0.15, 0.2) is 0 Å². The maximum atomic E-state index is 13.5. The summed E-state index contributed by atoms with van der Waals surface area (Å²) < 4.78 is 13.5. The van der Waals surface area contributed by atoms with Crippen LogP contribution in [-0.4, -0.2) is 16.5 Å². The first-order valence-electron chi connectivity index (χ1n) is 8.72. The average molecular weight is 338 g/mol. The Morgan fingerprint density at radius 1 is 1.00 bits per heavy atom. The van der Waals surface area contributed by atoms with Crippen LogP contribution in [0.4, 0.5) is 21.8 Å². The molecule has 0 saturated carbocycles. The topological polar surface area (TPSA) is 49.8 Å². The molecule has 3 rings (SSSR count). The number of para-hydroxylation sites is 1. The van der Waals surface area contributed by atoms with Crippen LogP contribution >= 0.6 is 0 Å². The summed E-state index contributed by atoms with van der Waals surface area (Å²) in [4.78, 5) is 9.21. The molecule has 0 aliphatic rings. The number of fused-ring (bicyclic) bond motifs is 1. The third-order valence-corrected chi connectivity index (χ3v) is 4.39. The molecule has 0 atom stereocenters. The molecular weight excluding hydrogens is 315 g/mol. The van der Waals surface area contributed by atoms with E-state index < -0.39 is 0 Å². The number of halogens is 1.